The summed E-state index contributed by atoms with van der Waals surface area (Å²) in [6, 6.07) is 36.9. The minimum atomic E-state index is -1.10. The number of rotatable bonds is 18. The molecule has 0 saturated carbocycles. The molecule has 2 aromatic heterocycles. The number of aromatic nitrogens is 8. The SMILES string of the molecule is CC.C[C@@H](C(=O)O)n1nnnc1[C@H](Cc1ccc(OC(C)(C)C)cc1)NC(=O)OCC1c2ccccc2-c2ccccc21.C[C@@H](C(=O)O)n1nnnc1[C@H](Cc1ccc(OC(C)(C)C)cc1)NC(=O)OCc1ccccc1. The zero-order valence-corrected chi connectivity index (χ0v) is 45.1. The second-order valence-corrected chi connectivity index (χ2v) is 19.9. The summed E-state index contributed by atoms with van der Waals surface area (Å²) in [5.74, 6) is -0.437. The van der Waals surface area contributed by atoms with Crippen LogP contribution in [0.4, 0.5) is 9.59 Å². The minimum Gasteiger partial charge on any atom is -0.488 e. The van der Waals surface area contributed by atoms with Crippen LogP contribution in [0.2, 0.25) is 0 Å². The smallest absolute Gasteiger partial charge is 0.408 e. The van der Waals surface area contributed by atoms with Crippen molar-refractivity contribution >= 4 is 24.1 Å². The molecule has 0 spiro atoms. The van der Waals surface area contributed by atoms with E-state index in [9.17, 15) is 29.4 Å². The maximum atomic E-state index is 13.2. The Morgan fingerprint density at radius 2 is 0.935 bits per heavy atom. The van der Waals surface area contributed by atoms with Crippen LogP contribution < -0.4 is 20.1 Å². The van der Waals surface area contributed by atoms with Gasteiger partial charge in [-0.3, -0.25) is 0 Å². The number of hydrogen-bond acceptors (Lipinski definition) is 14. The van der Waals surface area contributed by atoms with Crippen LogP contribution >= 0.6 is 0 Å². The Hall–Kier alpha value is -8.68. The minimum absolute atomic E-state index is 0.0920. The van der Waals surface area contributed by atoms with E-state index in [0.717, 1.165) is 38.9 Å². The Morgan fingerprint density at radius 1 is 0.545 bits per heavy atom. The molecule has 1 aliphatic rings. The predicted molar refractivity (Wildman–Crippen MR) is 286 cm³/mol. The van der Waals surface area contributed by atoms with Gasteiger partial charge in [0.25, 0.3) is 0 Å². The highest BCUT2D eigenvalue weighted by Crippen LogP contribution is 2.44. The molecule has 8 rings (SSSR count). The lowest BCUT2D eigenvalue weighted by Gasteiger charge is -2.22. The van der Waals surface area contributed by atoms with Gasteiger partial charge in [-0.2, -0.15) is 0 Å². The van der Waals surface area contributed by atoms with E-state index in [4.69, 9.17) is 18.9 Å². The first-order chi connectivity index (χ1) is 36.7. The summed E-state index contributed by atoms with van der Waals surface area (Å²) >= 11 is 0. The first-order valence-corrected chi connectivity index (χ1v) is 25.4. The van der Waals surface area contributed by atoms with Crippen molar-refractivity contribution in [2.45, 2.75) is 130 Å². The van der Waals surface area contributed by atoms with Gasteiger partial charge in [-0.25, -0.2) is 28.5 Å². The molecule has 20 heteroatoms. The average Bonchev–Trinajstić information content (AvgIpc) is 4.19. The van der Waals surface area contributed by atoms with E-state index in [1.54, 1.807) is 0 Å². The quantitative estimate of drug-likeness (QED) is 0.0623. The molecular weight excluding hydrogens is 985 g/mol. The van der Waals surface area contributed by atoms with Gasteiger partial charge >= 0.3 is 24.1 Å². The van der Waals surface area contributed by atoms with Crippen molar-refractivity contribution in [1.29, 1.82) is 0 Å². The Morgan fingerprint density at radius 3 is 1.34 bits per heavy atom. The molecule has 1 aliphatic carbocycles. The monoisotopic (exact) mass is 1050 g/mol. The molecule has 0 saturated heterocycles. The summed E-state index contributed by atoms with van der Waals surface area (Å²) in [6.45, 7) is 19.0. The van der Waals surface area contributed by atoms with Crippen LogP contribution in [-0.2, 0) is 38.5 Å². The fourth-order valence-corrected chi connectivity index (χ4v) is 8.29. The van der Waals surface area contributed by atoms with E-state index in [2.05, 4.69) is 65.9 Å². The Balaban J connectivity index is 0.000000246. The second-order valence-electron chi connectivity index (χ2n) is 19.9. The van der Waals surface area contributed by atoms with Gasteiger partial charge in [0.15, 0.2) is 23.7 Å². The van der Waals surface area contributed by atoms with E-state index in [1.165, 1.54) is 23.2 Å². The van der Waals surface area contributed by atoms with Crippen molar-refractivity contribution < 1.29 is 48.3 Å². The molecule has 4 atom stereocenters. The number of nitrogens with one attached hydrogen (secondary N) is 2. The molecule has 20 nitrogen and oxygen atoms in total. The number of aliphatic carboxylic acids is 2. The maximum Gasteiger partial charge on any atom is 0.408 e. The van der Waals surface area contributed by atoms with E-state index in [-0.39, 0.29) is 42.0 Å². The van der Waals surface area contributed by atoms with Gasteiger partial charge in [-0.15, -0.1) is 10.2 Å². The highest BCUT2D eigenvalue weighted by Gasteiger charge is 2.32. The van der Waals surface area contributed by atoms with E-state index in [1.807, 2.05) is 159 Å². The van der Waals surface area contributed by atoms with Crippen molar-refractivity contribution in [3.63, 3.8) is 0 Å². The number of amides is 2. The summed E-state index contributed by atoms with van der Waals surface area (Å²) < 4.78 is 25.3. The number of carboxylic acids is 2. The third-order valence-corrected chi connectivity index (χ3v) is 11.8. The van der Waals surface area contributed by atoms with Gasteiger partial charge in [0.1, 0.15) is 35.9 Å². The summed E-state index contributed by atoms with van der Waals surface area (Å²) in [7, 11) is 0. The summed E-state index contributed by atoms with van der Waals surface area (Å²) in [5, 5.41) is 47.8. The zero-order chi connectivity index (χ0) is 55.9. The van der Waals surface area contributed by atoms with E-state index in [0.29, 0.717) is 24.3 Å². The molecule has 0 fully saturated rings. The Labute approximate surface area is 448 Å². The fraction of sp³-hybridized carbons (Fsp3) is 0.368. The average molecular weight is 1050 g/mol. The maximum absolute atomic E-state index is 13.2. The van der Waals surface area contributed by atoms with Crippen molar-refractivity contribution in [2.75, 3.05) is 6.61 Å². The molecule has 2 heterocycles. The molecule has 0 unspecified atom stereocenters. The number of benzene rings is 5. The number of tetrazole rings is 2. The molecule has 2 amide bonds. The Kier molecular flexibility index (Phi) is 19.6. The first kappa shape index (κ1) is 57.6. The van der Waals surface area contributed by atoms with Crippen molar-refractivity contribution in [3.8, 4) is 22.6 Å². The highest BCUT2D eigenvalue weighted by atomic mass is 16.6. The first-order valence-electron chi connectivity index (χ1n) is 25.4. The van der Waals surface area contributed by atoms with Crippen molar-refractivity contribution in [1.82, 2.24) is 51.0 Å². The second kappa shape index (κ2) is 26.2. The Bertz CT molecular complexity index is 3000. The zero-order valence-electron chi connectivity index (χ0n) is 45.1. The number of nitrogens with zero attached hydrogens (tertiary/aromatic N) is 8. The van der Waals surface area contributed by atoms with Gasteiger partial charge in [-0.05, 0) is 139 Å². The molecule has 77 heavy (non-hydrogen) atoms. The van der Waals surface area contributed by atoms with Crippen LogP contribution in [0.1, 0.15) is 139 Å². The molecule has 0 bridgehead atoms. The highest BCUT2D eigenvalue weighted by molar-refractivity contribution is 5.79. The molecule has 0 aliphatic heterocycles. The lowest BCUT2D eigenvalue weighted by Crippen LogP contribution is -2.34. The normalized spacial score (nSPS) is 13.3. The predicted octanol–water partition coefficient (Wildman–Crippen LogP) is 10.1. The van der Waals surface area contributed by atoms with Gasteiger partial charge < -0.3 is 39.8 Å². The summed E-state index contributed by atoms with van der Waals surface area (Å²) in [4.78, 5) is 49.0. The van der Waals surface area contributed by atoms with Crippen LogP contribution in [0.5, 0.6) is 11.5 Å². The van der Waals surface area contributed by atoms with E-state index < -0.39 is 48.3 Å². The molecule has 5 aromatic carbocycles. The number of carbonyl (C=O) groups excluding carboxylic acids is 2. The van der Waals surface area contributed by atoms with E-state index >= 15 is 0 Å². The van der Waals surface area contributed by atoms with Crippen molar-refractivity contribution in [3.05, 3.63) is 167 Å². The summed E-state index contributed by atoms with van der Waals surface area (Å²) in [5.41, 5.74) is 6.39. The third-order valence-electron chi connectivity index (χ3n) is 11.8. The summed E-state index contributed by atoms with van der Waals surface area (Å²) in [6.07, 6.45) is -0.712. The standard InChI is InChI=1S/C31H33N5O5.C24H29N5O5.C2H6/c1-19(29(37)38)36-28(33-34-35-36)27(17-20-13-15-21(16-14-20)41-31(2,3)4)32-30(39)40-18-26-24-11-7-5-9-22(24)23-10-6-8-12-25(23)26;1-16(22(30)31)29-21(26-27-28-29)20(25-23(32)33-15-18-8-6-5-7-9-18)14-17-10-12-19(13-11-17)34-24(2,3)4;1-2/h5-16,19,26-27H,17-18H2,1-4H3,(H,32,39)(H,37,38);5-13,16,20H,14-15H2,1-4H3,(H,25,32)(H,30,31);1-2H3/t19-,27-;16-,20-;/m00./s1. The number of fused-ring (bicyclic) bond motifs is 3. The van der Waals surface area contributed by atoms with Gasteiger partial charge in [-0.1, -0.05) is 117 Å². The number of carboxylic acid groups (broad SMARTS) is 2. The molecule has 406 valence electrons. The number of alkyl carbamates (subject to hydrolysis) is 2. The molecular formula is C57H68N10O10. The van der Waals surface area contributed by atoms with Crippen LogP contribution in [-0.4, -0.2) is 92.6 Å². The van der Waals surface area contributed by atoms with Gasteiger partial charge in [0.2, 0.25) is 0 Å². The number of hydrogen-bond donors (Lipinski definition) is 4. The lowest BCUT2D eigenvalue weighted by molar-refractivity contribution is -0.141. The van der Waals surface area contributed by atoms with Crippen LogP contribution in [0.15, 0.2) is 127 Å². The topological polar surface area (TPSA) is 257 Å². The van der Waals surface area contributed by atoms with Crippen LogP contribution in [0.3, 0.4) is 0 Å². The third kappa shape index (κ3) is 16.2. The number of ether oxygens (including phenoxy) is 4. The van der Waals surface area contributed by atoms with Gasteiger partial charge in [0.05, 0.1) is 12.1 Å². The van der Waals surface area contributed by atoms with Crippen LogP contribution in [0, 0.1) is 0 Å². The fourth-order valence-electron chi connectivity index (χ4n) is 8.29. The number of carbonyl (C=O) groups is 4. The van der Waals surface area contributed by atoms with Crippen molar-refractivity contribution in [2.24, 2.45) is 0 Å². The van der Waals surface area contributed by atoms with Crippen LogP contribution in [0.25, 0.3) is 11.1 Å². The lowest BCUT2D eigenvalue weighted by atomic mass is 9.98. The molecule has 0 radical (unpaired) electrons. The van der Waals surface area contributed by atoms with Gasteiger partial charge in [0, 0.05) is 18.8 Å². The molecule has 7 aromatic rings. The molecule has 4 N–H and O–H groups in total. The largest absolute Gasteiger partial charge is 0.488 e.